The van der Waals surface area contributed by atoms with Gasteiger partial charge in [0, 0.05) is 23.3 Å². The van der Waals surface area contributed by atoms with Crippen LogP contribution < -0.4 is 16.0 Å². The highest BCUT2D eigenvalue weighted by Gasteiger charge is 2.09. The van der Waals surface area contributed by atoms with Crippen LogP contribution in [0.2, 0.25) is 0 Å². The highest BCUT2D eigenvalue weighted by Crippen LogP contribution is 2.12. The zero-order valence-corrected chi connectivity index (χ0v) is 14.9. The second-order valence-electron chi connectivity index (χ2n) is 6.27. The molecule has 1 unspecified atom stereocenters. The summed E-state index contributed by atoms with van der Waals surface area (Å²) in [5.74, 6) is -0.242. The maximum absolute atomic E-state index is 12.1. The van der Waals surface area contributed by atoms with E-state index in [1.807, 2.05) is 51.1 Å². The van der Waals surface area contributed by atoms with E-state index in [0.29, 0.717) is 11.3 Å². The summed E-state index contributed by atoms with van der Waals surface area (Å²) < 4.78 is 0. The number of carbonyl (C=O) groups excluding carboxylic acids is 2. The molecule has 0 heterocycles. The third-order valence-corrected chi connectivity index (χ3v) is 3.72. The van der Waals surface area contributed by atoms with Gasteiger partial charge in [0.2, 0.25) is 5.91 Å². The average Bonchev–Trinajstić information content (AvgIpc) is 2.60. The molecule has 0 radical (unpaired) electrons. The Kier molecular flexibility index (Phi) is 6.71. The van der Waals surface area contributed by atoms with Gasteiger partial charge in [0.05, 0.1) is 6.54 Å². The number of rotatable bonds is 7. The number of hydrogen-bond acceptors (Lipinski definition) is 3. The van der Waals surface area contributed by atoms with Gasteiger partial charge in [0.15, 0.2) is 0 Å². The van der Waals surface area contributed by atoms with Gasteiger partial charge in [0.1, 0.15) is 0 Å². The van der Waals surface area contributed by atoms with E-state index in [1.54, 1.807) is 24.3 Å². The fraction of sp³-hybridized carbons (Fsp3) is 0.300. The second-order valence-corrected chi connectivity index (χ2v) is 6.27. The number of amides is 2. The first-order valence-corrected chi connectivity index (χ1v) is 8.45. The predicted molar refractivity (Wildman–Crippen MR) is 101 cm³/mol. The summed E-state index contributed by atoms with van der Waals surface area (Å²) in [4.78, 5) is 24.0. The van der Waals surface area contributed by atoms with E-state index in [1.165, 1.54) is 0 Å². The maximum Gasteiger partial charge on any atom is 0.251 e. The minimum absolute atomic E-state index is 0.0876. The Morgan fingerprint density at radius 2 is 1.56 bits per heavy atom. The minimum atomic E-state index is -0.123. The van der Waals surface area contributed by atoms with Crippen molar-refractivity contribution in [2.24, 2.45) is 0 Å². The largest absolute Gasteiger partial charge is 0.350 e. The molecule has 0 aliphatic heterocycles. The minimum Gasteiger partial charge on any atom is -0.350 e. The van der Waals surface area contributed by atoms with E-state index in [0.717, 1.165) is 5.56 Å². The van der Waals surface area contributed by atoms with Crippen LogP contribution >= 0.6 is 0 Å². The van der Waals surface area contributed by atoms with E-state index in [9.17, 15) is 9.59 Å². The molecule has 5 heteroatoms. The van der Waals surface area contributed by atoms with E-state index in [-0.39, 0.29) is 30.4 Å². The zero-order chi connectivity index (χ0) is 18.2. The second kappa shape index (κ2) is 8.99. The monoisotopic (exact) mass is 339 g/mol. The summed E-state index contributed by atoms with van der Waals surface area (Å²) in [7, 11) is 0. The lowest BCUT2D eigenvalue weighted by atomic mass is 10.1. The molecule has 3 N–H and O–H groups in total. The molecule has 5 nitrogen and oxygen atoms in total. The highest BCUT2D eigenvalue weighted by atomic mass is 16.2. The lowest BCUT2D eigenvalue weighted by Gasteiger charge is -2.14. The van der Waals surface area contributed by atoms with Gasteiger partial charge in [-0.05, 0) is 50.6 Å². The molecule has 0 saturated carbocycles. The first-order valence-electron chi connectivity index (χ1n) is 8.45. The molecule has 2 aromatic carbocycles. The van der Waals surface area contributed by atoms with Crippen molar-refractivity contribution in [1.82, 2.24) is 10.6 Å². The van der Waals surface area contributed by atoms with Crippen molar-refractivity contribution in [1.29, 1.82) is 0 Å². The molecule has 0 spiro atoms. The zero-order valence-electron chi connectivity index (χ0n) is 14.9. The fourth-order valence-corrected chi connectivity index (χ4v) is 2.36. The third-order valence-electron chi connectivity index (χ3n) is 3.72. The quantitative estimate of drug-likeness (QED) is 0.726. The molecule has 132 valence electrons. The molecule has 0 aliphatic rings. The number of nitrogens with one attached hydrogen (secondary N) is 3. The smallest absolute Gasteiger partial charge is 0.251 e. The van der Waals surface area contributed by atoms with Crippen LogP contribution in [0.25, 0.3) is 0 Å². The molecule has 0 aromatic heterocycles. The van der Waals surface area contributed by atoms with Gasteiger partial charge in [-0.3, -0.25) is 9.59 Å². The summed E-state index contributed by atoms with van der Waals surface area (Å²) in [5.41, 5.74) is 2.37. The van der Waals surface area contributed by atoms with E-state index in [2.05, 4.69) is 16.0 Å². The number of anilines is 1. The van der Waals surface area contributed by atoms with Gasteiger partial charge in [-0.25, -0.2) is 0 Å². The summed E-state index contributed by atoms with van der Waals surface area (Å²) in [6.07, 6.45) is 0. The Labute approximate surface area is 148 Å². The van der Waals surface area contributed by atoms with Crippen molar-refractivity contribution in [3.8, 4) is 0 Å². The van der Waals surface area contributed by atoms with Crippen LogP contribution in [0.1, 0.15) is 42.7 Å². The van der Waals surface area contributed by atoms with Crippen LogP contribution in [0.5, 0.6) is 0 Å². The summed E-state index contributed by atoms with van der Waals surface area (Å²) in [6, 6.07) is 17.0. The van der Waals surface area contributed by atoms with Crippen LogP contribution in [-0.4, -0.2) is 24.4 Å². The SMILES string of the molecule is CC(C)NC(=O)c1ccc(NC(=O)CNC(C)c2ccccc2)cc1. The van der Waals surface area contributed by atoms with Gasteiger partial charge < -0.3 is 16.0 Å². The third kappa shape index (κ3) is 6.04. The Hall–Kier alpha value is -2.66. The molecule has 0 saturated heterocycles. The first kappa shape index (κ1) is 18.7. The van der Waals surface area contributed by atoms with Crippen LogP contribution in [0, 0.1) is 0 Å². The van der Waals surface area contributed by atoms with Crippen molar-refractivity contribution in [2.75, 3.05) is 11.9 Å². The van der Waals surface area contributed by atoms with Gasteiger partial charge in [0.25, 0.3) is 5.91 Å². The molecule has 2 amide bonds. The van der Waals surface area contributed by atoms with Gasteiger partial charge in [-0.1, -0.05) is 30.3 Å². The number of carbonyl (C=O) groups is 2. The Balaban J connectivity index is 1.83. The van der Waals surface area contributed by atoms with Crippen LogP contribution in [0.3, 0.4) is 0 Å². The van der Waals surface area contributed by atoms with E-state index >= 15 is 0 Å². The first-order chi connectivity index (χ1) is 12.0. The van der Waals surface area contributed by atoms with E-state index in [4.69, 9.17) is 0 Å². The predicted octanol–water partition coefficient (Wildman–Crippen LogP) is 3.11. The lowest BCUT2D eigenvalue weighted by molar-refractivity contribution is -0.115. The Morgan fingerprint density at radius 1 is 0.920 bits per heavy atom. The molecule has 0 aliphatic carbocycles. The molecule has 0 bridgehead atoms. The molecule has 2 rings (SSSR count). The standard InChI is InChI=1S/C20H25N3O2/c1-14(2)22-20(25)17-9-11-18(12-10-17)23-19(24)13-21-15(3)16-7-5-4-6-8-16/h4-12,14-15,21H,13H2,1-3H3,(H,22,25)(H,23,24). The Morgan fingerprint density at radius 3 is 2.16 bits per heavy atom. The molecule has 0 fully saturated rings. The molecular formula is C20H25N3O2. The van der Waals surface area contributed by atoms with Crippen molar-refractivity contribution in [3.63, 3.8) is 0 Å². The van der Waals surface area contributed by atoms with Crippen molar-refractivity contribution in [2.45, 2.75) is 32.9 Å². The molecular weight excluding hydrogens is 314 g/mol. The summed E-state index contributed by atoms with van der Waals surface area (Å²) in [5, 5.41) is 8.85. The van der Waals surface area contributed by atoms with Crippen molar-refractivity contribution < 1.29 is 9.59 Å². The highest BCUT2D eigenvalue weighted by molar-refractivity contribution is 5.96. The van der Waals surface area contributed by atoms with Crippen molar-refractivity contribution >= 4 is 17.5 Å². The maximum atomic E-state index is 12.1. The van der Waals surface area contributed by atoms with Crippen molar-refractivity contribution in [3.05, 3.63) is 65.7 Å². The molecule has 2 aromatic rings. The van der Waals surface area contributed by atoms with Crippen LogP contribution in [-0.2, 0) is 4.79 Å². The molecule has 25 heavy (non-hydrogen) atoms. The van der Waals surface area contributed by atoms with Gasteiger partial charge in [-0.2, -0.15) is 0 Å². The van der Waals surface area contributed by atoms with Crippen LogP contribution in [0.4, 0.5) is 5.69 Å². The van der Waals surface area contributed by atoms with Gasteiger partial charge >= 0.3 is 0 Å². The van der Waals surface area contributed by atoms with E-state index < -0.39 is 0 Å². The summed E-state index contributed by atoms with van der Waals surface area (Å²) >= 11 is 0. The van der Waals surface area contributed by atoms with Gasteiger partial charge in [-0.15, -0.1) is 0 Å². The van der Waals surface area contributed by atoms with Crippen LogP contribution in [0.15, 0.2) is 54.6 Å². The number of benzene rings is 2. The topological polar surface area (TPSA) is 70.2 Å². The summed E-state index contributed by atoms with van der Waals surface area (Å²) in [6.45, 7) is 6.06. The average molecular weight is 339 g/mol. The normalized spacial score (nSPS) is 11.8. The Bertz CT molecular complexity index is 697. The lowest BCUT2D eigenvalue weighted by Crippen LogP contribution is -2.30. The fourth-order valence-electron chi connectivity index (χ4n) is 2.36. The number of hydrogen-bond donors (Lipinski definition) is 3. The molecule has 1 atom stereocenters.